The number of thiocarbonyl (C=S) groups is 1. The van der Waals surface area contributed by atoms with Gasteiger partial charge in [-0.05, 0) is 37.0 Å². The van der Waals surface area contributed by atoms with Crippen molar-refractivity contribution in [3.05, 3.63) is 6.42 Å². The highest BCUT2D eigenvalue weighted by Crippen LogP contribution is 2.32. The van der Waals surface area contributed by atoms with Crippen molar-refractivity contribution < 1.29 is 0 Å². The molecule has 1 rings (SSSR count). The molecule has 0 unspecified atom stereocenters. The van der Waals surface area contributed by atoms with Gasteiger partial charge in [0.05, 0.1) is 0 Å². The highest BCUT2D eigenvalue weighted by Gasteiger charge is 2.19. The summed E-state index contributed by atoms with van der Waals surface area (Å²) in [5, 5.41) is 1.79. The second kappa shape index (κ2) is 2.41. The van der Waals surface area contributed by atoms with E-state index in [-0.39, 0.29) is 0 Å². The lowest BCUT2D eigenvalue weighted by molar-refractivity contribution is 0.972. The van der Waals surface area contributed by atoms with E-state index in [1.165, 1.54) is 12.8 Å². The number of hydrogen-bond acceptors (Lipinski definition) is 1. The van der Waals surface area contributed by atoms with Crippen LogP contribution in [0.5, 0.6) is 0 Å². The smallest absolute Gasteiger partial charge is 0.0208 e. The molecule has 0 aromatic rings. The minimum Gasteiger partial charge on any atom is -0.0935 e. The van der Waals surface area contributed by atoms with E-state index < -0.39 is 0 Å². The molecule has 0 amide bonds. The van der Waals surface area contributed by atoms with Crippen LogP contribution < -0.4 is 0 Å². The van der Waals surface area contributed by atoms with Crippen molar-refractivity contribution >= 4 is 17.6 Å². The van der Waals surface area contributed by atoms with Gasteiger partial charge >= 0.3 is 0 Å². The zero-order chi connectivity index (χ0) is 5.11. The van der Waals surface area contributed by atoms with Gasteiger partial charge in [-0.15, -0.1) is 0 Å². The Morgan fingerprint density at radius 1 is 1.57 bits per heavy atom. The summed E-state index contributed by atoms with van der Waals surface area (Å²) in [6, 6.07) is 0. The van der Waals surface area contributed by atoms with Gasteiger partial charge in [0.25, 0.3) is 0 Å². The molecule has 0 aromatic heterocycles. The monoisotopic (exact) mass is 113 g/mol. The molecular weight excluding hydrogens is 104 g/mol. The summed E-state index contributed by atoms with van der Waals surface area (Å²) >= 11 is 4.64. The molecule has 0 heterocycles. The van der Waals surface area contributed by atoms with Crippen LogP contribution in [0.3, 0.4) is 0 Å². The molecule has 0 spiro atoms. The lowest BCUT2D eigenvalue weighted by Crippen LogP contribution is -1.75. The van der Waals surface area contributed by atoms with Gasteiger partial charge in [0.15, 0.2) is 0 Å². The van der Waals surface area contributed by atoms with E-state index in [4.69, 9.17) is 0 Å². The average molecular weight is 113 g/mol. The molecule has 0 N–H and O–H groups in total. The molecule has 1 radical (unpaired) electrons. The summed E-state index contributed by atoms with van der Waals surface area (Å²) in [6.45, 7) is 0. The molecule has 0 atom stereocenters. The Morgan fingerprint density at radius 2 is 2.29 bits per heavy atom. The van der Waals surface area contributed by atoms with E-state index in [0.717, 1.165) is 12.3 Å². The maximum atomic E-state index is 4.64. The Labute approximate surface area is 49.9 Å². The molecule has 0 nitrogen and oxygen atoms in total. The van der Waals surface area contributed by atoms with E-state index in [1.807, 2.05) is 0 Å². The van der Waals surface area contributed by atoms with Gasteiger partial charge < -0.3 is 0 Å². The van der Waals surface area contributed by atoms with E-state index in [1.54, 1.807) is 5.37 Å². The maximum Gasteiger partial charge on any atom is -0.0208 e. The van der Waals surface area contributed by atoms with Gasteiger partial charge in [-0.2, -0.15) is 0 Å². The lowest BCUT2D eigenvalue weighted by Gasteiger charge is -1.83. The molecule has 1 heteroatoms. The number of hydrogen-bond donors (Lipinski definition) is 0. The zero-order valence-electron chi connectivity index (χ0n) is 4.26. The molecule has 0 bridgehead atoms. The average Bonchev–Trinajstić information content (AvgIpc) is 2.42. The van der Waals surface area contributed by atoms with Crippen molar-refractivity contribution in [2.24, 2.45) is 5.92 Å². The zero-order valence-corrected chi connectivity index (χ0v) is 5.08. The summed E-state index contributed by atoms with van der Waals surface area (Å²) in [6.07, 6.45) is 6.14. The summed E-state index contributed by atoms with van der Waals surface area (Å²) in [5.41, 5.74) is 0. The first-order valence-corrected chi connectivity index (χ1v) is 3.17. The van der Waals surface area contributed by atoms with Crippen LogP contribution in [0.25, 0.3) is 0 Å². The van der Waals surface area contributed by atoms with Gasteiger partial charge in [0, 0.05) is 0 Å². The van der Waals surface area contributed by atoms with Gasteiger partial charge in [-0.1, -0.05) is 12.2 Å². The third-order valence-electron chi connectivity index (χ3n) is 1.19. The Bertz CT molecular complexity index is 64.6. The standard InChI is InChI=1S/C6H9S/c7-5-1-2-6-3-4-6/h2,5-6H,1,3-4H2. The van der Waals surface area contributed by atoms with Crippen LogP contribution in [0, 0.1) is 12.3 Å². The molecule has 1 aliphatic rings. The minimum absolute atomic E-state index is 0.930. The molecule has 1 fully saturated rings. The predicted molar refractivity (Wildman–Crippen MR) is 35.3 cm³/mol. The first-order valence-electron chi connectivity index (χ1n) is 2.70. The summed E-state index contributed by atoms with van der Waals surface area (Å²) in [4.78, 5) is 0. The fraction of sp³-hybridized carbons (Fsp3) is 0.667. The Morgan fingerprint density at radius 3 is 2.71 bits per heavy atom. The van der Waals surface area contributed by atoms with Crippen molar-refractivity contribution in [2.45, 2.75) is 19.3 Å². The summed E-state index contributed by atoms with van der Waals surface area (Å²) in [7, 11) is 0. The molecular formula is C6H9S. The molecule has 0 aliphatic heterocycles. The van der Waals surface area contributed by atoms with Crippen molar-refractivity contribution in [3.8, 4) is 0 Å². The van der Waals surface area contributed by atoms with Crippen LogP contribution in [0.1, 0.15) is 19.3 Å². The maximum absolute atomic E-state index is 4.64. The van der Waals surface area contributed by atoms with Crippen LogP contribution in [0.4, 0.5) is 0 Å². The molecule has 39 valence electrons. The Balaban J connectivity index is 1.88. The largest absolute Gasteiger partial charge is 0.0935 e. The van der Waals surface area contributed by atoms with E-state index in [2.05, 4.69) is 18.6 Å². The SMILES string of the molecule is S=CC[CH]C1CC1. The molecule has 0 saturated heterocycles. The summed E-state index contributed by atoms with van der Waals surface area (Å²) < 4.78 is 0. The van der Waals surface area contributed by atoms with Crippen LogP contribution in [-0.4, -0.2) is 5.37 Å². The highest BCUT2D eigenvalue weighted by molar-refractivity contribution is 7.78. The third-order valence-corrected chi connectivity index (χ3v) is 1.38. The van der Waals surface area contributed by atoms with Crippen LogP contribution in [0.15, 0.2) is 0 Å². The first kappa shape index (κ1) is 5.23. The van der Waals surface area contributed by atoms with Crippen molar-refractivity contribution in [1.82, 2.24) is 0 Å². The van der Waals surface area contributed by atoms with Crippen LogP contribution >= 0.6 is 12.2 Å². The Hall–Kier alpha value is 0.0900. The molecule has 0 aromatic carbocycles. The van der Waals surface area contributed by atoms with E-state index in [9.17, 15) is 0 Å². The molecule has 1 saturated carbocycles. The lowest BCUT2D eigenvalue weighted by atomic mass is 10.2. The van der Waals surface area contributed by atoms with Crippen molar-refractivity contribution in [2.75, 3.05) is 0 Å². The third kappa shape index (κ3) is 2.03. The van der Waals surface area contributed by atoms with Crippen LogP contribution in [0.2, 0.25) is 0 Å². The second-order valence-corrected chi connectivity index (χ2v) is 2.31. The number of rotatable bonds is 3. The fourth-order valence-electron chi connectivity index (χ4n) is 0.580. The van der Waals surface area contributed by atoms with Crippen molar-refractivity contribution in [1.29, 1.82) is 0 Å². The van der Waals surface area contributed by atoms with E-state index in [0.29, 0.717) is 0 Å². The summed E-state index contributed by atoms with van der Waals surface area (Å²) in [5.74, 6) is 0.930. The topological polar surface area (TPSA) is 0 Å². The fourth-order valence-corrected chi connectivity index (χ4v) is 0.691. The molecule has 1 aliphatic carbocycles. The predicted octanol–water partition coefficient (Wildman–Crippen LogP) is 1.99. The van der Waals surface area contributed by atoms with Gasteiger partial charge in [0.1, 0.15) is 0 Å². The normalized spacial score (nSPS) is 19.4. The quantitative estimate of drug-likeness (QED) is 0.504. The van der Waals surface area contributed by atoms with Crippen LogP contribution in [-0.2, 0) is 0 Å². The van der Waals surface area contributed by atoms with Gasteiger partial charge in [0.2, 0.25) is 0 Å². The second-order valence-electron chi connectivity index (χ2n) is 1.98. The van der Waals surface area contributed by atoms with Gasteiger partial charge in [-0.25, -0.2) is 0 Å². The Kier molecular flexibility index (Phi) is 1.80. The first-order chi connectivity index (χ1) is 3.43. The van der Waals surface area contributed by atoms with Gasteiger partial charge in [-0.3, -0.25) is 0 Å². The minimum atomic E-state index is 0.930. The van der Waals surface area contributed by atoms with E-state index >= 15 is 0 Å². The highest BCUT2D eigenvalue weighted by atomic mass is 32.1. The molecule has 7 heavy (non-hydrogen) atoms. The van der Waals surface area contributed by atoms with Crippen molar-refractivity contribution in [3.63, 3.8) is 0 Å².